The molecule has 9 heavy (non-hydrogen) atoms. The molecule has 55 valence electrons. The van der Waals surface area contributed by atoms with Crippen LogP contribution in [0.25, 0.3) is 0 Å². The lowest BCUT2D eigenvalue weighted by Gasteiger charge is -2.29. The summed E-state index contributed by atoms with van der Waals surface area (Å²) in [4.78, 5) is 0. The number of nitrogens with one attached hydrogen (secondary N) is 1. The third-order valence-corrected chi connectivity index (χ3v) is 2.02. The first-order chi connectivity index (χ1) is 4.00. The quantitative estimate of drug-likeness (QED) is 0.611. The fourth-order valence-electron chi connectivity index (χ4n) is 0.526. The Morgan fingerprint density at radius 3 is 2.00 bits per heavy atom. The van der Waals surface area contributed by atoms with Crippen molar-refractivity contribution >= 4 is 0 Å². The number of rotatable bonds is 3. The van der Waals surface area contributed by atoms with E-state index < -0.39 is 0 Å². The molecule has 0 atom stereocenters. The first-order valence-corrected chi connectivity index (χ1v) is 3.55. The molecule has 1 N–H and O–H groups in total. The van der Waals surface area contributed by atoms with Crippen LogP contribution in [-0.4, -0.2) is 12.1 Å². The summed E-state index contributed by atoms with van der Waals surface area (Å²) in [5, 5.41) is 3.31. The lowest BCUT2D eigenvalue weighted by molar-refractivity contribution is 0.299. The lowest BCUT2D eigenvalue weighted by atomic mass is 9.91. The van der Waals surface area contributed by atoms with Crippen LogP contribution in [0.4, 0.5) is 0 Å². The van der Waals surface area contributed by atoms with Crippen molar-refractivity contribution in [2.75, 3.05) is 6.54 Å². The first kappa shape index (κ1) is 8.96. The Balaban J connectivity index is 3.70. The molecule has 0 rings (SSSR count). The Hall–Kier alpha value is -0.0400. The van der Waals surface area contributed by atoms with E-state index in [0.717, 1.165) is 6.54 Å². The van der Waals surface area contributed by atoms with E-state index in [2.05, 4.69) is 39.9 Å². The van der Waals surface area contributed by atoms with Gasteiger partial charge in [0, 0.05) is 5.54 Å². The lowest BCUT2D eigenvalue weighted by Crippen LogP contribution is -2.43. The zero-order chi connectivity index (χ0) is 7.49. The van der Waals surface area contributed by atoms with Crippen LogP contribution in [0, 0.1) is 12.8 Å². The first-order valence-electron chi connectivity index (χ1n) is 3.55. The topological polar surface area (TPSA) is 12.0 Å². The predicted octanol–water partition coefficient (Wildman–Crippen LogP) is 1.84. The second-order valence-corrected chi connectivity index (χ2v) is 3.30. The highest BCUT2D eigenvalue weighted by Gasteiger charge is 2.19. The molecule has 0 spiro atoms. The van der Waals surface area contributed by atoms with E-state index in [9.17, 15) is 0 Å². The van der Waals surface area contributed by atoms with Crippen LogP contribution in [-0.2, 0) is 0 Å². The molecular weight excluding hydrogens is 110 g/mol. The van der Waals surface area contributed by atoms with Gasteiger partial charge in [0.25, 0.3) is 0 Å². The molecule has 0 bridgehead atoms. The summed E-state index contributed by atoms with van der Waals surface area (Å²) in [7, 11) is 0. The van der Waals surface area contributed by atoms with Gasteiger partial charge in [-0.3, -0.25) is 0 Å². The van der Waals surface area contributed by atoms with Crippen LogP contribution in [0.15, 0.2) is 0 Å². The minimum atomic E-state index is 0.238. The van der Waals surface area contributed by atoms with Crippen LogP contribution in [0.1, 0.15) is 27.7 Å². The Bertz CT molecular complexity index is 74.6. The van der Waals surface area contributed by atoms with Crippen molar-refractivity contribution in [2.24, 2.45) is 5.92 Å². The maximum absolute atomic E-state index is 3.74. The minimum absolute atomic E-state index is 0.238. The summed E-state index contributed by atoms with van der Waals surface area (Å²) in [6, 6.07) is 0. The molecule has 0 aromatic rings. The van der Waals surface area contributed by atoms with E-state index in [4.69, 9.17) is 0 Å². The van der Waals surface area contributed by atoms with Gasteiger partial charge in [-0.25, -0.2) is 0 Å². The van der Waals surface area contributed by atoms with Crippen LogP contribution < -0.4 is 5.32 Å². The zero-order valence-electron chi connectivity index (χ0n) is 6.99. The second-order valence-electron chi connectivity index (χ2n) is 3.30. The van der Waals surface area contributed by atoms with E-state index in [1.165, 1.54) is 0 Å². The molecule has 0 saturated heterocycles. The fourth-order valence-corrected chi connectivity index (χ4v) is 0.526. The third-order valence-electron chi connectivity index (χ3n) is 2.02. The van der Waals surface area contributed by atoms with E-state index in [0.29, 0.717) is 5.92 Å². The summed E-state index contributed by atoms with van der Waals surface area (Å²) in [6.45, 7) is 13.4. The summed E-state index contributed by atoms with van der Waals surface area (Å²) < 4.78 is 0. The molecule has 0 heterocycles. The number of hydrogen-bond donors (Lipinski definition) is 1. The van der Waals surface area contributed by atoms with Crippen LogP contribution >= 0.6 is 0 Å². The predicted molar refractivity (Wildman–Crippen MR) is 42.3 cm³/mol. The van der Waals surface area contributed by atoms with E-state index in [1.54, 1.807) is 0 Å². The fraction of sp³-hybridized carbons (Fsp3) is 0.875. The smallest absolute Gasteiger partial charge is 0.0148 e. The normalized spacial score (nSPS) is 12.7. The highest BCUT2D eigenvalue weighted by molar-refractivity contribution is 4.80. The maximum atomic E-state index is 3.74. The Kier molecular flexibility index (Phi) is 3.20. The molecule has 0 aromatic carbocycles. The van der Waals surface area contributed by atoms with Gasteiger partial charge in [-0.2, -0.15) is 0 Å². The highest BCUT2D eigenvalue weighted by Crippen LogP contribution is 2.13. The van der Waals surface area contributed by atoms with Gasteiger partial charge in [0.05, 0.1) is 0 Å². The van der Waals surface area contributed by atoms with Gasteiger partial charge in [-0.15, -0.1) is 0 Å². The molecule has 0 aliphatic rings. The molecule has 0 amide bonds. The van der Waals surface area contributed by atoms with Crippen LogP contribution in [0.3, 0.4) is 0 Å². The molecule has 0 fully saturated rings. The van der Waals surface area contributed by atoms with Crippen molar-refractivity contribution in [2.45, 2.75) is 33.2 Å². The van der Waals surface area contributed by atoms with Crippen molar-refractivity contribution < 1.29 is 0 Å². The Morgan fingerprint density at radius 2 is 1.89 bits per heavy atom. The van der Waals surface area contributed by atoms with Crippen molar-refractivity contribution in [3.8, 4) is 0 Å². The van der Waals surface area contributed by atoms with E-state index in [1.807, 2.05) is 0 Å². The van der Waals surface area contributed by atoms with E-state index >= 15 is 0 Å². The maximum Gasteiger partial charge on any atom is 0.0148 e. The van der Waals surface area contributed by atoms with Crippen molar-refractivity contribution in [3.05, 3.63) is 6.92 Å². The second kappa shape index (κ2) is 3.21. The van der Waals surface area contributed by atoms with Gasteiger partial charge < -0.3 is 5.32 Å². The van der Waals surface area contributed by atoms with Gasteiger partial charge in [0.15, 0.2) is 0 Å². The van der Waals surface area contributed by atoms with Crippen LogP contribution in [0.5, 0.6) is 0 Å². The SMILES string of the molecule is [CH2]CNC(C)(C)C(C)C. The third kappa shape index (κ3) is 2.85. The van der Waals surface area contributed by atoms with Gasteiger partial charge in [-0.05, 0) is 33.2 Å². The molecule has 1 heteroatoms. The molecular formula is C8H18N. The van der Waals surface area contributed by atoms with Crippen molar-refractivity contribution in [3.63, 3.8) is 0 Å². The summed E-state index contributed by atoms with van der Waals surface area (Å²) in [5.74, 6) is 0.666. The molecule has 0 aliphatic heterocycles. The molecule has 0 unspecified atom stereocenters. The molecule has 1 nitrogen and oxygen atoms in total. The van der Waals surface area contributed by atoms with Gasteiger partial charge in [0.1, 0.15) is 0 Å². The average molecular weight is 128 g/mol. The standard InChI is InChI=1S/C8H18N/c1-6-9-8(4,5)7(2)3/h7,9H,1,6H2,2-5H3. The largest absolute Gasteiger partial charge is 0.312 e. The monoisotopic (exact) mass is 128 g/mol. The Labute approximate surface area is 58.8 Å². The van der Waals surface area contributed by atoms with Gasteiger partial charge in [0.2, 0.25) is 0 Å². The minimum Gasteiger partial charge on any atom is -0.312 e. The van der Waals surface area contributed by atoms with Crippen LogP contribution in [0.2, 0.25) is 0 Å². The molecule has 0 saturated carbocycles. The Morgan fingerprint density at radius 1 is 1.44 bits per heavy atom. The molecule has 0 aromatic heterocycles. The van der Waals surface area contributed by atoms with Crippen molar-refractivity contribution in [1.82, 2.24) is 5.32 Å². The van der Waals surface area contributed by atoms with Gasteiger partial charge >= 0.3 is 0 Å². The highest BCUT2D eigenvalue weighted by atomic mass is 14.9. The van der Waals surface area contributed by atoms with Gasteiger partial charge in [-0.1, -0.05) is 13.8 Å². The van der Waals surface area contributed by atoms with Crippen molar-refractivity contribution in [1.29, 1.82) is 0 Å². The van der Waals surface area contributed by atoms with E-state index in [-0.39, 0.29) is 5.54 Å². The molecule has 1 radical (unpaired) electrons. The summed E-state index contributed by atoms with van der Waals surface area (Å²) in [5.41, 5.74) is 0.238. The number of hydrogen-bond acceptors (Lipinski definition) is 1. The molecule has 0 aliphatic carbocycles. The summed E-state index contributed by atoms with van der Waals surface area (Å²) >= 11 is 0. The zero-order valence-corrected chi connectivity index (χ0v) is 6.99. The average Bonchev–Trinajstić information content (AvgIpc) is 1.65. The summed E-state index contributed by atoms with van der Waals surface area (Å²) in [6.07, 6.45) is 0.